The summed E-state index contributed by atoms with van der Waals surface area (Å²) in [5, 5.41) is 12.6. The monoisotopic (exact) mass is 390 g/mol. The molecule has 1 fully saturated rings. The number of aromatic amines is 1. The molecule has 5 rings (SSSR count). The molecule has 1 saturated heterocycles. The van der Waals surface area contributed by atoms with Gasteiger partial charge < -0.3 is 19.9 Å². The summed E-state index contributed by atoms with van der Waals surface area (Å²) in [6, 6.07) is 5.82. The zero-order valence-corrected chi connectivity index (χ0v) is 16.4. The van der Waals surface area contributed by atoms with Crippen molar-refractivity contribution < 1.29 is 4.74 Å². The first-order valence-corrected chi connectivity index (χ1v) is 9.55. The van der Waals surface area contributed by atoms with Crippen LogP contribution in [0, 0.1) is 0 Å². The molecule has 0 unspecified atom stereocenters. The van der Waals surface area contributed by atoms with Gasteiger partial charge in [0.15, 0.2) is 5.82 Å². The molecule has 3 aromatic heterocycles. The lowest BCUT2D eigenvalue weighted by Gasteiger charge is -2.32. The minimum Gasteiger partial charge on any atom is -0.497 e. The zero-order valence-electron chi connectivity index (χ0n) is 16.4. The second kappa shape index (κ2) is 7.17. The molecule has 29 heavy (non-hydrogen) atoms. The van der Waals surface area contributed by atoms with E-state index in [1.165, 1.54) is 0 Å². The first-order chi connectivity index (χ1) is 14.2. The summed E-state index contributed by atoms with van der Waals surface area (Å²) in [5.41, 5.74) is 2.39. The maximum absolute atomic E-state index is 5.34. The molecule has 9 heteroatoms. The van der Waals surface area contributed by atoms with Crippen LogP contribution >= 0.6 is 0 Å². The summed E-state index contributed by atoms with van der Waals surface area (Å²) in [7, 11) is 3.79. The Morgan fingerprint density at radius 1 is 1.07 bits per heavy atom. The molecule has 1 aromatic carbocycles. The van der Waals surface area contributed by atoms with Crippen LogP contribution in [-0.2, 0) is 0 Å². The highest BCUT2D eigenvalue weighted by molar-refractivity contribution is 6.09. The largest absolute Gasteiger partial charge is 0.497 e. The highest BCUT2D eigenvalue weighted by Crippen LogP contribution is 2.31. The average molecular weight is 390 g/mol. The van der Waals surface area contributed by atoms with Crippen molar-refractivity contribution >= 4 is 39.3 Å². The van der Waals surface area contributed by atoms with E-state index in [1.807, 2.05) is 24.4 Å². The van der Waals surface area contributed by atoms with Gasteiger partial charge in [-0.25, -0.2) is 15.0 Å². The number of fused-ring (bicyclic) bond motifs is 3. The van der Waals surface area contributed by atoms with E-state index in [9.17, 15) is 0 Å². The highest BCUT2D eigenvalue weighted by Gasteiger charge is 2.17. The fourth-order valence-corrected chi connectivity index (χ4v) is 3.58. The number of piperazine rings is 1. The van der Waals surface area contributed by atoms with Gasteiger partial charge in [-0.15, -0.1) is 0 Å². The van der Waals surface area contributed by atoms with E-state index in [0.29, 0.717) is 5.82 Å². The van der Waals surface area contributed by atoms with Crippen LogP contribution in [0.15, 0.2) is 36.8 Å². The van der Waals surface area contributed by atoms with E-state index in [0.717, 1.165) is 65.4 Å². The zero-order chi connectivity index (χ0) is 19.8. The molecule has 0 aliphatic carbocycles. The SMILES string of the molecule is COc1ccc2nc(Nc3cnc(N4CCN(C)CC4)nc3)c3n[nH]cc3c2c1. The number of hydrogen-bond donors (Lipinski definition) is 2. The van der Waals surface area contributed by atoms with Crippen LogP contribution in [0.2, 0.25) is 0 Å². The summed E-state index contributed by atoms with van der Waals surface area (Å²) in [6.45, 7) is 3.91. The Bertz CT molecular complexity index is 1150. The molecule has 0 bridgehead atoms. The van der Waals surface area contributed by atoms with Crippen LogP contribution in [0.3, 0.4) is 0 Å². The van der Waals surface area contributed by atoms with Crippen molar-refractivity contribution in [2.75, 3.05) is 50.6 Å². The van der Waals surface area contributed by atoms with Crippen molar-refractivity contribution in [2.45, 2.75) is 0 Å². The third-order valence-corrected chi connectivity index (χ3v) is 5.28. The van der Waals surface area contributed by atoms with Crippen molar-refractivity contribution in [1.29, 1.82) is 0 Å². The Labute approximate surface area is 167 Å². The molecular formula is C20H22N8O. The number of benzene rings is 1. The fraction of sp³-hybridized carbons (Fsp3) is 0.300. The van der Waals surface area contributed by atoms with Crippen molar-refractivity contribution in [1.82, 2.24) is 30.0 Å². The lowest BCUT2D eigenvalue weighted by molar-refractivity contribution is 0.311. The third-order valence-electron chi connectivity index (χ3n) is 5.28. The molecule has 148 valence electrons. The normalized spacial score (nSPS) is 15.2. The summed E-state index contributed by atoms with van der Waals surface area (Å²) in [6.07, 6.45) is 5.45. The number of methoxy groups -OCH3 is 1. The van der Waals surface area contributed by atoms with Crippen LogP contribution in [0.4, 0.5) is 17.5 Å². The van der Waals surface area contributed by atoms with Crippen molar-refractivity contribution in [3.8, 4) is 5.75 Å². The summed E-state index contributed by atoms with van der Waals surface area (Å²) in [5.74, 6) is 2.21. The van der Waals surface area contributed by atoms with E-state index >= 15 is 0 Å². The van der Waals surface area contributed by atoms with Gasteiger partial charge in [-0.05, 0) is 25.2 Å². The average Bonchev–Trinajstić information content (AvgIpc) is 3.25. The Hall–Kier alpha value is -3.46. The number of nitrogens with one attached hydrogen (secondary N) is 2. The van der Waals surface area contributed by atoms with Crippen LogP contribution in [0.5, 0.6) is 5.75 Å². The third kappa shape index (κ3) is 3.29. The second-order valence-corrected chi connectivity index (χ2v) is 7.18. The summed E-state index contributed by atoms with van der Waals surface area (Å²) in [4.78, 5) is 18.3. The van der Waals surface area contributed by atoms with E-state index in [2.05, 4.69) is 42.3 Å². The highest BCUT2D eigenvalue weighted by atomic mass is 16.5. The van der Waals surface area contributed by atoms with E-state index in [-0.39, 0.29) is 0 Å². The number of nitrogens with zero attached hydrogens (tertiary/aromatic N) is 6. The molecule has 0 saturated carbocycles. The van der Waals surface area contributed by atoms with Gasteiger partial charge >= 0.3 is 0 Å². The number of aromatic nitrogens is 5. The lowest BCUT2D eigenvalue weighted by Crippen LogP contribution is -2.45. The number of anilines is 3. The van der Waals surface area contributed by atoms with Crippen LogP contribution < -0.4 is 15.0 Å². The molecule has 4 heterocycles. The first-order valence-electron chi connectivity index (χ1n) is 9.55. The number of pyridine rings is 1. The Kier molecular flexibility index (Phi) is 4.36. The number of hydrogen-bond acceptors (Lipinski definition) is 8. The molecule has 1 aliphatic heterocycles. The molecule has 0 spiro atoms. The van der Waals surface area contributed by atoms with Gasteiger partial charge in [-0.2, -0.15) is 5.10 Å². The molecule has 0 amide bonds. The molecule has 9 nitrogen and oxygen atoms in total. The molecule has 4 aromatic rings. The molecule has 0 radical (unpaired) electrons. The Morgan fingerprint density at radius 3 is 2.62 bits per heavy atom. The number of likely N-dealkylation sites (N-methyl/N-ethyl adjacent to an activating group) is 1. The van der Waals surface area contributed by atoms with E-state index in [4.69, 9.17) is 9.72 Å². The van der Waals surface area contributed by atoms with E-state index < -0.39 is 0 Å². The smallest absolute Gasteiger partial charge is 0.225 e. The predicted molar refractivity (Wildman–Crippen MR) is 113 cm³/mol. The standard InChI is InChI=1S/C20H22N8O/c1-27-5-7-28(8-6-27)20-21-10-13(11-22-20)24-19-18-16(12-23-26-18)15-9-14(29-2)3-4-17(15)25-19/h3-4,9-12H,5-8H2,1-2H3,(H,23,26)(H,24,25). The molecule has 1 aliphatic rings. The maximum Gasteiger partial charge on any atom is 0.225 e. The van der Waals surface area contributed by atoms with Gasteiger partial charge in [0.25, 0.3) is 0 Å². The topological polar surface area (TPSA) is 95.1 Å². The quantitative estimate of drug-likeness (QED) is 0.549. The van der Waals surface area contributed by atoms with Crippen LogP contribution in [0.1, 0.15) is 0 Å². The van der Waals surface area contributed by atoms with Gasteiger partial charge in [0.05, 0.1) is 30.7 Å². The van der Waals surface area contributed by atoms with Crippen molar-refractivity contribution in [3.05, 3.63) is 36.8 Å². The minimum atomic E-state index is 0.662. The lowest BCUT2D eigenvalue weighted by atomic mass is 10.1. The minimum absolute atomic E-state index is 0.662. The predicted octanol–water partition coefficient (Wildman–Crippen LogP) is 2.41. The van der Waals surface area contributed by atoms with E-state index in [1.54, 1.807) is 19.5 Å². The molecule has 2 N–H and O–H groups in total. The first kappa shape index (κ1) is 17.6. The van der Waals surface area contributed by atoms with Crippen molar-refractivity contribution in [3.63, 3.8) is 0 Å². The molecule has 0 atom stereocenters. The van der Waals surface area contributed by atoms with Gasteiger partial charge in [0.2, 0.25) is 5.95 Å². The van der Waals surface area contributed by atoms with Crippen molar-refractivity contribution in [2.24, 2.45) is 0 Å². The number of rotatable bonds is 4. The van der Waals surface area contributed by atoms with Crippen LogP contribution in [-0.4, -0.2) is 70.4 Å². The molecular weight excluding hydrogens is 368 g/mol. The van der Waals surface area contributed by atoms with Crippen LogP contribution in [0.25, 0.3) is 21.8 Å². The number of ether oxygens (including phenoxy) is 1. The van der Waals surface area contributed by atoms with Gasteiger partial charge in [-0.3, -0.25) is 5.10 Å². The maximum atomic E-state index is 5.34. The van der Waals surface area contributed by atoms with Gasteiger partial charge in [-0.1, -0.05) is 0 Å². The fourth-order valence-electron chi connectivity index (χ4n) is 3.58. The Morgan fingerprint density at radius 2 is 1.86 bits per heavy atom. The summed E-state index contributed by atoms with van der Waals surface area (Å²) < 4.78 is 5.34. The number of H-pyrrole nitrogens is 1. The second-order valence-electron chi connectivity index (χ2n) is 7.18. The van der Waals surface area contributed by atoms with Gasteiger partial charge in [0.1, 0.15) is 11.3 Å². The Balaban J connectivity index is 1.44. The van der Waals surface area contributed by atoms with Gasteiger partial charge in [0, 0.05) is 43.1 Å². The summed E-state index contributed by atoms with van der Waals surface area (Å²) >= 11 is 0.